The van der Waals surface area contributed by atoms with Gasteiger partial charge in [0, 0.05) is 12.5 Å². The van der Waals surface area contributed by atoms with Crippen LogP contribution in [0.3, 0.4) is 0 Å². The fraction of sp³-hybridized carbons (Fsp3) is 0.364. The number of hydrogen-bond donors (Lipinski definition) is 1. The quantitative estimate of drug-likeness (QED) is 0.900. The Morgan fingerprint density at radius 3 is 2.52 bits per heavy atom. The highest BCUT2D eigenvalue weighted by Crippen LogP contribution is 2.37. The van der Waals surface area contributed by atoms with Gasteiger partial charge in [0.1, 0.15) is 11.9 Å². The maximum absolute atomic E-state index is 13.2. The van der Waals surface area contributed by atoms with E-state index in [9.17, 15) is 14.0 Å². The minimum atomic E-state index is -0.606. The lowest BCUT2D eigenvalue weighted by atomic mass is 9.91. The third-order valence-corrected chi connectivity index (χ3v) is 5.47. The van der Waals surface area contributed by atoms with Gasteiger partial charge in [-0.2, -0.15) is 0 Å². The highest BCUT2D eigenvalue weighted by atomic mass is 19.1. The maximum Gasteiger partial charge on any atom is 0.247 e. The molecule has 0 radical (unpaired) electrons. The molecule has 1 saturated carbocycles. The first-order valence-electron chi connectivity index (χ1n) is 9.48. The summed E-state index contributed by atoms with van der Waals surface area (Å²) in [6, 6.07) is 13.1. The lowest BCUT2D eigenvalue weighted by molar-refractivity contribution is -0.142. The summed E-state index contributed by atoms with van der Waals surface area (Å²) in [5.41, 5.74) is 2.85. The van der Waals surface area contributed by atoms with Gasteiger partial charge in [-0.3, -0.25) is 9.59 Å². The van der Waals surface area contributed by atoms with E-state index < -0.39 is 6.04 Å². The molecule has 140 valence electrons. The number of carbonyl (C=O) groups excluding carboxylic acids is 2. The molecule has 2 atom stereocenters. The van der Waals surface area contributed by atoms with Crippen molar-refractivity contribution >= 4 is 11.8 Å². The number of rotatable bonds is 4. The van der Waals surface area contributed by atoms with Crippen molar-refractivity contribution in [1.29, 1.82) is 0 Å². The zero-order valence-corrected chi connectivity index (χ0v) is 15.3. The van der Waals surface area contributed by atoms with Crippen molar-refractivity contribution in [1.82, 2.24) is 10.2 Å². The van der Waals surface area contributed by atoms with Crippen molar-refractivity contribution in [2.45, 2.75) is 38.3 Å². The number of hydrogen-bond acceptors (Lipinski definition) is 2. The molecular weight excluding hydrogens is 343 g/mol. The van der Waals surface area contributed by atoms with Gasteiger partial charge in [-0.1, -0.05) is 36.4 Å². The first-order valence-corrected chi connectivity index (χ1v) is 9.48. The summed E-state index contributed by atoms with van der Waals surface area (Å²) < 4.78 is 13.2. The van der Waals surface area contributed by atoms with Gasteiger partial charge < -0.3 is 10.2 Å². The summed E-state index contributed by atoms with van der Waals surface area (Å²) in [7, 11) is 0. The Labute approximate surface area is 158 Å². The zero-order chi connectivity index (χ0) is 19.0. The standard InChI is InChI=1S/C22H23FN2O2/c1-14(15-8-10-18(23)11-9-15)24-21(26)20-19-5-3-2-4-16(19)12-13-25(20)22(27)17-6-7-17/h2-5,8-11,14,17,20H,6-7,12-13H2,1H3,(H,24,26)/t14-,20+/m0/s1. The molecule has 4 nitrogen and oxygen atoms in total. The van der Waals surface area contributed by atoms with Crippen LogP contribution in [0.15, 0.2) is 48.5 Å². The van der Waals surface area contributed by atoms with Crippen molar-refractivity contribution < 1.29 is 14.0 Å². The first-order chi connectivity index (χ1) is 13.0. The van der Waals surface area contributed by atoms with Gasteiger partial charge in [-0.15, -0.1) is 0 Å². The molecule has 2 aliphatic rings. The SMILES string of the molecule is C[C@H](NC(=O)[C@H]1c2ccccc2CCN1C(=O)C1CC1)c1ccc(F)cc1. The summed E-state index contributed by atoms with van der Waals surface area (Å²) >= 11 is 0. The van der Waals surface area contributed by atoms with Crippen LogP contribution in [0.1, 0.15) is 48.5 Å². The molecule has 0 saturated heterocycles. The van der Waals surface area contributed by atoms with Crippen LogP contribution < -0.4 is 5.32 Å². The van der Waals surface area contributed by atoms with Crippen LogP contribution >= 0.6 is 0 Å². The number of fused-ring (bicyclic) bond motifs is 1. The Morgan fingerprint density at radius 2 is 1.81 bits per heavy atom. The molecule has 1 fully saturated rings. The number of amides is 2. The van der Waals surface area contributed by atoms with Gasteiger partial charge in [-0.25, -0.2) is 4.39 Å². The van der Waals surface area contributed by atoms with E-state index in [4.69, 9.17) is 0 Å². The molecule has 0 spiro atoms. The smallest absolute Gasteiger partial charge is 0.247 e. The van der Waals surface area contributed by atoms with E-state index >= 15 is 0 Å². The molecule has 0 bridgehead atoms. The molecule has 0 aromatic heterocycles. The molecule has 2 aromatic rings. The Kier molecular flexibility index (Phi) is 4.68. The average Bonchev–Trinajstić information content (AvgIpc) is 3.52. The van der Waals surface area contributed by atoms with Crippen LogP contribution in [0.4, 0.5) is 4.39 Å². The van der Waals surface area contributed by atoms with E-state index in [1.54, 1.807) is 17.0 Å². The molecule has 2 amide bonds. The minimum Gasteiger partial charge on any atom is -0.347 e. The molecule has 1 aliphatic heterocycles. The molecular formula is C22H23FN2O2. The van der Waals surface area contributed by atoms with Crippen LogP contribution in [0, 0.1) is 11.7 Å². The van der Waals surface area contributed by atoms with Crippen LogP contribution in [0.25, 0.3) is 0 Å². The fourth-order valence-corrected chi connectivity index (χ4v) is 3.78. The first kappa shape index (κ1) is 17.7. The summed E-state index contributed by atoms with van der Waals surface area (Å²) in [6.45, 7) is 2.43. The molecule has 4 rings (SSSR count). The second kappa shape index (κ2) is 7.14. The molecule has 1 N–H and O–H groups in total. The summed E-state index contributed by atoms with van der Waals surface area (Å²) in [6.07, 6.45) is 2.60. The molecule has 27 heavy (non-hydrogen) atoms. The Hall–Kier alpha value is -2.69. The molecule has 1 heterocycles. The van der Waals surface area contributed by atoms with Crippen LogP contribution in [-0.4, -0.2) is 23.3 Å². The monoisotopic (exact) mass is 366 g/mol. The predicted octanol–water partition coefficient (Wildman–Crippen LogP) is 3.54. The zero-order valence-electron chi connectivity index (χ0n) is 15.3. The van der Waals surface area contributed by atoms with E-state index in [1.807, 2.05) is 31.2 Å². The fourth-order valence-electron chi connectivity index (χ4n) is 3.78. The lowest BCUT2D eigenvalue weighted by Crippen LogP contribution is -2.48. The van der Waals surface area contributed by atoms with Crippen molar-refractivity contribution in [3.05, 3.63) is 71.0 Å². The van der Waals surface area contributed by atoms with Gasteiger partial charge in [0.15, 0.2) is 0 Å². The van der Waals surface area contributed by atoms with Crippen molar-refractivity contribution in [3.63, 3.8) is 0 Å². The van der Waals surface area contributed by atoms with Gasteiger partial charge >= 0.3 is 0 Å². The topological polar surface area (TPSA) is 49.4 Å². The van der Waals surface area contributed by atoms with Crippen LogP contribution in [0.2, 0.25) is 0 Å². The molecule has 2 aromatic carbocycles. The minimum absolute atomic E-state index is 0.0695. The van der Waals surface area contributed by atoms with Crippen LogP contribution in [-0.2, 0) is 16.0 Å². The van der Waals surface area contributed by atoms with E-state index in [0.29, 0.717) is 6.54 Å². The van der Waals surface area contributed by atoms with Gasteiger partial charge in [0.05, 0.1) is 6.04 Å². The second-order valence-electron chi connectivity index (χ2n) is 7.44. The highest BCUT2D eigenvalue weighted by Gasteiger charge is 2.41. The van der Waals surface area contributed by atoms with Gasteiger partial charge in [0.25, 0.3) is 0 Å². The highest BCUT2D eigenvalue weighted by molar-refractivity contribution is 5.91. The van der Waals surface area contributed by atoms with Crippen molar-refractivity contribution in [2.24, 2.45) is 5.92 Å². The normalized spacial score (nSPS) is 19.9. The molecule has 5 heteroatoms. The average molecular weight is 366 g/mol. The van der Waals surface area contributed by atoms with Crippen LogP contribution in [0.5, 0.6) is 0 Å². The summed E-state index contributed by atoms with van der Waals surface area (Å²) in [4.78, 5) is 27.7. The molecule has 0 unspecified atom stereocenters. The maximum atomic E-state index is 13.2. The van der Waals surface area contributed by atoms with Gasteiger partial charge in [0.2, 0.25) is 11.8 Å². The Bertz CT molecular complexity index is 861. The van der Waals surface area contributed by atoms with E-state index in [1.165, 1.54) is 12.1 Å². The summed E-state index contributed by atoms with van der Waals surface area (Å²) in [5.74, 6) is -0.341. The lowest BCUT2D eigenvalue weighted by Gasteiger charge is -2.37. The third-order valence-electron chi connectivity index (χ3n) is 5.47. The number of benzene rings is 2. The van der Waals surface area contributed by atoms with E-state index in [0.717, 1.165) is 36.0 Å². The predicted molar refractivity (Wildman–Crippen MR) is 100 cm³/mol. The number of carbonyl (C=O) groups is 2. The van der Waals surface area contributed by atoms with Crippen molar-refractivity contribution in [3.8, 4) is 0 Å². The Balaban J connectivity index is 1.59. The molecule has 1 aliphatic carbocycles. The number of nitrogens with zero attached hydrogens (tertiary/aromatic N) is 1. The van der Waals surface area contributed by atoms with Crippen molar-refractivity contribution in [2.75, 3.05) is 6.54 Å². The third kappa shape index (κ3) is 3.59. The van der Waals surface area contributed by atoms with E-state index in [-0.39, 0.29) is 29.6 Å². The largest absolute Gasteiger partial charge is 0.347 e. The van der Waals surface area contributed by atoms with Gasteiger partial charge in [-0.05, 0) is 55.0 Å². The van der Waals surface area contributed by atoms with E-state index in [2.05, 4.69) is 5.32 Å². The Morgan fingerprint density at radius 1 is 1.11 bits per heavy atom. The number of halogens is 1. The number of nitrogens with one attached hydrogen (secondary N) is 1. The summed E-state index contributed by atoms with van der Waals surface area (Å²) in [5, 5.41) is 3.02. The second-order valence-corrected chi connectivity index (χ2v) is 7.44.